The molecular weight excluding hydrogens is 330 g/mol. The van der Waals surface area contributed by atoms with Crippen molar-refractivity contribution in [2.45, 2.75) is 26.8 Å². The summed E-state index contributed by atoms with van der Waals surface area (Å²) in [5.41, 5.74) is 9.05. The van der Waals surface area contributed by atoms with Crippen LogP contribution in [0.15, 0.2) is 45.6 Å². The normalized spacial score (nSPS) is 12.2. The van der Waals surface area contributed by atoms with Gasteiger partial charge in [0.25, 0.3) is 0 Å². The maximum atomic E-state index is 12.1. The predicted molar refractivity (Wildman–Crippen MR) is 102 cm³/mol. The number of carbonyl (C=O) groups excluding carboxylic acids is 1. The van der Waals surface area contributed by atoms with Crippen LogP contribution in [0.4, 0.5) is 5.82 Å². The van der Waals surface area contributed by atoms with Gasteiger partial charge >= 0.3 is 5.63 Å². The molecule has 134 valence electrons. The maximum absolute atomic E-state index is 12.1. The summed E-state index contributed by atoms with van der Waals surface area (Å²) in [5.74, 6) is 0.0470. The average Bonchev–Trinajstić information content (AvgIpc) is 2.59. The van der Waals surface area contributed by atoms with Gasteiger partial charge in [-0.05, 0) is 49.6 Å². The topological polar surface area (TPSA) is 89.4 Å². The van der Waals surface area contributed by atoms with Gasteiger partial charge in [0.05, 0.1) is 0 Å². The Kier molecular flexibility index (Phi) is 4.50. The summed E-state index contributed by atoms with van der Waals surface area (Å²) >= 11 is 0. The van der Waals surface area contributed by atoms with E-state index < -0.39 is 17.6 Å². The summed E-state index contributed by atoms with van der Waals surface area (Å²) in [6.07, 6.45) is 0. The van der Waals surface area contributed by atoms with Gasteiger partial charge in [0.1, 0.15) is 11.9 Å². The summed E-state index contributed by atoms with van der Waals surface area (Å²) < 4.78 is 5.33. The number of nitrogens with two attached hydrogens (primary N) is 1. The lowest BCUT2D eigenvalue weighted by molar-refractivity contribution is -0.118. The molecule has 0 aliphatic carbocycles. The third kappa shape index (κ3) is 3.06. The number of amides is 1. The summed E-state index contributed by atoms with van der Waals surface area (Å²) in [4.78, 5) is 29.6. The number of aryl methyl sites for hydroxylation is 2. The van der Waals surface area contributed by atoms with Crippen LogP contribution in [-0.4, -0.2) is 24.0 Å². The molecule has 1 aromatic carbocycles. The number of primary amides is 1. The number of benzene rings is 1. The van der Waals surface area contributed by atoms with Crippen LogP contribution in [0.2, 0.25) is 0 Å². The van der Waals surface area contributed by atoms with Crippen molar-refractivity contribution < 1.29 is 9.21 Å². The summed E-state index contributed by atoms with van der Waals surface area (Å²) in [5, 5.41) is 0.742. The number of aromatic nitrogens is 1. The Morgan fingerprint density at radius 3 is 2.46 bits per heavy atom. The van der Waals surface area contributed by atoms with E-state index in [1.807, 2.05) is 38.1 Å². The van der Waals surface area contributed by atoms with Crippen molar-refractivity contribution in [3.8, 4) is 11.1 Å². The van der Waals surface area contributed by atoms with E-state index >= 15 is 0 Å². The molecule has 0 aliphatic heterocycles. The largest absolute Gasteiger partial charge is 0.404 e. The van der Waals surface area contributed by atoms with Crippen LogP contribution in [0.1, 0.15) is 18.1 Å². The van der Waals surface area contributed by atoms with E-state index in [1.54, 1.807) is 24.9 Å². The summed E-state index contributed by atoms with van der Waals surface area (Å²) in [6, 6.07) is 10.6. The Morgan fingerprint density at radius 2 is 1.85 bits per heavy atom. The lowest BCUT2D eigenvalue weighted by Gasteiger charge is -2.23. The van der Waals surface area contributed by atoms with Gasteiger partial charge in [-0.2, -0.15) is 4.98 Å². The molecule has 2 N–H and O–H groups in total. The zero-order valence-electron chi connectivity index (χ0n) is 15.2. The van der Waals surface area contributed by atoms with Crippen molar-refractivity contribution in [2.24, 2.45) is 5.73 Å². The molecule has 6 nitrogen and oxygen atoms in total. The molecule has 0 bridgehead atoms. The minimum atomic E-state index is -0.534. The Balaban J connectivity index is 2.22. The van der Waals surface area contributed by atoms with Crippen LogP contribution < -0.4 is 16.3 Å². The highest BCUT2D eigenvalue weighted by atomic mass is 16.4. The highest BCUT2D eigenvalue weighted by molar-refractivity contribution is 5.94. The van der Waals surface area contributed by atoms with E-state index in [9.17, 15) is 9.59 Å². The van der Waals surface area contributed by atoms with Gasteiger partial charge in [-0.25, -0.2) is 4.79 Å². The van der Waals surface area contributed by atoms with Crippen molar-refractivity contribution in [3.05, 3.63) is 57.9 Å². The Bertz CT molecular complexity index is 1040. The number of anilines is 1. The number of likely N-dealkylation sites (N-methyl/N-ethyl adjacent to an activating group) is 1. The molecular formula is C20H21N3O3. The van der Waals surface area contributed by atoms with Crippen LogP contribution in [0.3, 0.4) is 0 Å². The SMILES string of the molecule is Cc1cccc(C)c1-c1cc(=O)oc2nc(N(C)C(C)C(N)=O)ccc12. The molecule has 2 heterocycles. The van der Waals surface area contributed by atoms with Gasteiger partial charge in [-0.15, -0.1) is 0 Å². The molecule has 0 saturated carbocycles. The van der Waals surface area contributed by atoms with Crippen LogP contribution in [0, 0.1) is 13.8 Å². The van der Waals surface area contributed by atoms with Crippen LogP contribution in [0.25, 0.3) is 22.2 Å². The number of hydrogen-bond acceptors (Lipinski definition) is 5. The highest BCUT2D eigenvalue weighted by Gasteiger charge is 2.19. The maximum Gasteiger partial charge on any atom is 0.338 e. The van der Waals surface area contributed by atoms with E-state index in [2.05, 4.69) is 4.98 Å². The van der Waals surface area contributed by atoms with E-state index in [0.29, 0.717) is 5.82 Å². The average molecular weight is 351 g/mol. The minimum absolute atomic E-state index is 0.233. The third-order valence-corrected chi connectivity index (χ3v) is 4.70. The first-order chi connectivity index (χ1) is 12.3. The number of pyridine rings is 1. The number of fused-ring (bicyclic) bond motifs is 1. The second-order valence-corrected chi connectivity index (χ2v) is 6.46. The Hall–Kier alpha value is -3.15. The standard InChI is InChI=1S/C20H21N3O3/c1-11-6-5-7-12(2)18(11)15-10-17(24)26-20-14(15)8-9-16(22-20)23(4)13(3)19(21)25/h5-10,13H,1-4H3,(H2,21,25). The Labute approximate surface area is 151 Å². The monoisotopic (exact) mass is 351 g/mol. The second kappa shape index (κ2) is 6.63. The van der Waals surface area contributed by atoms with Gasteiger partial charge in [-0.3, -0.25) is 4.79 Å². The fourth-order valence-corrected chi connectivity index (χ4v) is 3.07. The second-order valence-electron chi connectivity index (χ2n) is 6.46. The first-order valence-electron chi connectivity index (χ1n) is 8.33. The molecule has 0 saturated heterocycles. The van der Waals surface area contributed by atoms with Gasteiger partial charge in [0.2, 0.25) is 11.6 Å². The van der Waals surface area contributed by atoms with Crippen molar-refractivity contribution in [3.63, 3.8) is 0 Å². The van der Waals surface area contributed by atoms with Crippen molar-refractivity contribution in [1.29, 1.82) is 0 Å². The smallest absolute Gasteiger partial charge is 0.338 e. The van der Waals surface area contributed by atoms with Gasteiger partial charge < -0.3 is 15.1 Å². The highest BCUT2D eigenvalue weighted by Crippen LogP contribution is 2.32. The van der Waals surface area contributed by atoms with Gasteiger partial charge in [-0.1, -0.05) is 18.2 Å². The van der Waals surface area contributed by atoms with E-state index in [1.165, 1.54) is 6.07 Å². The first-order valence-corrected chi connectivity index (χ1v) is 8.33. The third-order valence-electron chi connectivity index (χ3n) is 4.70. The fraction of sp³-hybridized carbons (Fsp3) is 0.250. The molecule has 26 heavy (non-hydrogen) atoms. The number of rotatable bonds is 4. The van der Waals surface area contributed by atoms with Crippen LogP contribution in [-0.2, 0) is 4.79 Å². The molecule has 0 fully saturated rings. The summed E-state index contributed by atoms with van der Waals surface area (Å²) in [7, 11) is 1.72. The molecule has 0 aliphatic rings. The van der Waals surface area contributed by atoms with Crippen molar-refractivity contribution in [1.82, 2.24) is 4.98 Å². The minimum Gasteiger partial charge on any atom is -0.404 e. The fourth-order valence-electron chi connectivity index (χ4n) is 3.07. The number of nitrogens with zero attached hydrogens (tertiary/aromatic N) is 2. The van der Waals surface area contributed by atoms with Crippen molar-refractivity contribution >= 4 is 22.8 Å². The quantitative estimate of drug-likeness (QED) is 0.781. The molecule has 3 rings (SSSR count). The predicted octanol–water partition coefficient (Wildman–Crippen LogP) is 2.78. The van der Waals surface area contributed by atoms with Gasteiger partial charge in [0, 0.05) is 24.1 Å². The van der Waals surface area contributed by atoms with E-state index in [-0.39, 0.29) is 5.71 Å². The number of carbonyl (C=O) groups is 1. The summed E-state index contributed by atoms with van der Waals surface area (Å²) in [6.45, 7) is 5.71. The molecule has 1 unspecified atom stereocenters. The molecule has 0 radical (unpaired) electrons. The van der Waals surface area contributed by atoms with Crippen molar-refractivity contribution in [2.75, 3.05) is 11.9 Å². The van der Waals surface area contributed by atoms with Crippen LogP contribution >= 0.6 is 0 Å². The Morgan fingerprint density at radius 1 is 1.19 bits per heavy atom. The number of hydrogen-bond donors (Lipinski definition) is 1. The van der Waals surface area contributed by atoms with E-state index in [0.717, 1.165) is 27.6 Å². The zero-order valence-corrected chi connectivity index (χ0v) is 15.2. The molecule has 2 aromatic heterocycles. The first kappa shape index (κ1) is 17.7. The molecule has 1 amide bonds. The molecule has 1 atom stereocenters. The molecule has 0 spiro atoms. The molecule has 6 heteroatoms. The zero-order chi connectivity index (χ0) is 19.0. The van der Waals surface area contributed by atoms with E-state index in [4.69, 9.17) is 10.2 Å². The molecule has 3 aromatic rings. The lowest BCUT2D eigenvalue weighted by Crippen LogP contribution is -2.40. The van der Waals surface area contributed by atoms with Gasteiger partial charge in [0.15, 0.2) is 0 Å². The van der Waals surface area contributed by atoms with Crippen LogP contribution in [0.5, 0.6) is 0 Å². The lowest BCUT2D eigenvalue weighted by atomic mass is 9.94.